The van der Waals surface area contributed by atoms with Gasteiger partial charge in [0, 0.05) is 31.9 Å². The fourth-order valence-electron chi connectivity index (χ4n) is 1.46. The minimum atomic E-state index is 0.0142. The first-order valence-corrected chi connectivity index (χ1v) is 6.37. The highest BCUT2D eigenvalue weighted by atomic mass is 16.2. The summed E-state index contributed by atoms with van der Waals surface area (Å²) in [6.45, 7) is 2.23. The van der Waals surface area contributed by atoms with Crippen LogP contribution in [-0.2, 0) is 9.59 Å². The molecule has 0 unspecified atom stereocenters. The Labute approximate surface area is 114 Å². The van der Waals surface area contributed by atoms with Gasteiger partial charge in [-0.2, -0.15) is 0 Å². The molecule has 0 heterocycles. The Balaban J connectivity index is 2.47. The summed E-state index contributed by atoms with van der Waals surface area (Å²) in [4.78, 5) is 24.4. The molecular weight excluding hydrogens is 242 g/mol. The number of nitrogens with one attached hydrogen (secondary N) is 2. The Kier molecular flexibility index (Phi) is 5.85. The van der Waals surface area contributed by atoms with Crippen molar-refractivity contribution in [3.05, 3.63) is 24.3 Å². The lowest BCUT2D eigenvalue weighted by Crippen LogP contribution is -2.28. The molecule has 0 radical (unpaired) electrons. The second-order valence-corrected chi connectivity index (χ2v) is 4.52. The van der Waals surface area contributed by atoms with E-state index in [1.54, 1.807) is 14.1 Å². The molecule has 0 spiro atoms. The van der Waals surface area contributed by atoms with Gasteiger partial charge in [0.05, 0.1) is 6.54 Å². The normalized spacial score (nSPS) is 9.84. The van der Waals surface area contributed by atoms with Gasteiger partial charge in [0.1, 0.15) is 0 Å². The van der Waals surface area contributed by atoms with Crippen molar-refractivity contribution >= 4 is 23.2 Å². The molecular formula is C14H21N3O2. The van der Waals surface area contributed by atoms with Crippen LogP contribution in [0, 0.1) is 0 Å². The molecule has 5 heteroatoms. The van der Waals surface area contributed by atoms with Gasteiger partial charge in [-0.1, -0.05) is 6.92 Å². The Morgan fingerprint density at radius 3 is 2.21 bits per heavy atom. The largest absolute Gasteiger partial charge is 0.376 e. The fraction of sp³-hybridized carbons (Fsp3) is 0.429. The molecule has 0 aliphatic carbocycles. The summed E-state index contributed by atoms with van der Waals surface area (Å²) < 4.78 is 0. The van der Waals surface area contributed by atoms with Crippen molar-refractivity contribution in [3.8, 4) is 0 Å². The molecule has 5 nitrogen and oxygen atoms in total. The Morgan fingerprint density at radius 2 is 1.68 bits per heavy atom. The Bertz CT molecular complexity index is 427. The summed E-state index contributed by atoms with van der Waals surface area (Å²) in [5.41, 5.74) is 1.62. The Morgan fingerprint density at radius 1 is 1.11 bits per heavy atom. The summed E-state index contributed by atoms with van der Waals surface area (Å²) in [7, 11) is 3.44. The zero-order valence-corrected chi connectivity index (χ0v) is 11.7. The van der Waals surface area contributed by atoms with Gasteiger partial charge in [0.15, 0.2) is 0 Å². The average Bonchev–Trinajstić information content (AvgIpc) is 2.37. The number of nitrogens with zero attached hydrogens (tertiary/aromatic N) is 1. The number of carbonyl (C=O) groups excluding carboxylic acids is 2. The quantitative estimate of drug-likeness (QED) is 0.824. The highest BCUT2D eigenvalue weighted by Crippen LogP contribution is 2.13. The first kappa shape index (κ1) is 15.0. The maximum absolute atomic E-state index is 11.4. The topological polar surface area (TPSA) is 61.4 Å². The van der Waals surface area contributed by atoms with E-state index in [-0.39, 0.29) is 18.4 Å². The van der Waals surface area contributed by atoms with Crippen molar-refractivity contribution in [1.82, 2.24) is 4.90 Å². The van der Waals surface area contributed by atoms with Crippen LogP contribution in [0.5, 0.6) is 0 Å². The van der Waals surface area contributed by atoms with Crippen LogP contribution < -0.4 is 10.6 Å². The zero-order chi connectivity index (χ0) is 14.3. The van der Waals surface area contributed by atoms with Crippen LogP contribution in [-0.4, -0.2) is 37.4 Å². The van der Waals surface area contributed by atoms with E-state index in [0.29, 0.717) is 6.42 Å². The van der Waals surface area contributed by atoms with E-state index in [9.17, 15) is 9.59 Å². The third-order valence-corrected chi connectivity index (χ3v) is 2.59. The SMILES string of the molecule is CCCC(=O)Nc1ccc(NCC(=O)N(C)C)cc1. The van der Waals surface area contributed by atoms with Crippen LogP contribution in [0.15, 0.2) is 24.3 Å². The molecule has 0 aromatic heterocycles. The number of rotatable bonds is 6. The van der Waals surface area contributed by atoms with Crippen LogP contribution >= 0.6 is 0 Å². The summed E-state index contributed by atoms with van der Waals surface area (Å²) in [6, 6.07) is 7.31. The van der Waals surface area contributed by atoms with E-state index in [1.165, 1.54) is 4.90 Å². The van der Waals surface area contributed by atoms with Gasteiger partial charge < -0.3 is 15.5 Å². The molecule has 2 N–H and O–H groups in total. The maximum Gasteiger partial charge on any atom is 0.241 e. The minimum Gasteiger partial charge on any atom is -0.376 e. The highest BCUT2D eigenvalue weighted by molar-refractivity contribution is 5.90. The number of hydrogen-bond acceptors (Lipinski definition) is 3. The van der Waals surface area contributed by atoms with E-state index in [0.717, 1.165) is 17.8 Å². The third-order valence-electron chi connectivity index (χ3n) is 2.59. The smallest absolute Gasteiger partial charge is 0.241 e. The predicted molar refractivity (Wildman–Crippen MR) is 77.2 cm³/mol. The summed E-state index contributed by atoms with van der Waals surface area (Å²) >= 11 is 0. The third kappa shape index (κ3) is 5.42. The van der Waals surface area contributed by atoms with Gasteiger partial charge >= 0.3 is 0 Å². The van der Waals surface area contributed by atoms with Gasteiger partial charge in [0.25, 0.3) is 0 Å². The van der Waals surface area contributed by atoms with Crippen LogP contribution in [0.1, 0.15) is 19.8 Å². The lowest BCUT2D eigenvalue weighted by Gasteiger charge is -2.12. The number of hydrogen-bond donors (Lipinski definition) is 2. The number of carbonyl (C=O) groups is 2. The molecule has 0 aliphatic heterocycles. The molecule has 0 saturated carbocycles. The fourth-order valence-corrected chi connectivity index (χ4v) is 1.46. The number of likely N-dealkylation sites (N-methyl/N-ethyl adjacent to an activating group) is 1. The molecule has 0 aliphatic rings. The summed E-state index contributed by atoms with van der Waals surface area (Å²) in [5.74, 6) is 0.0336. The van der Waals surface area contributed by atoms with Crippen LogP contribution in [0.3, 0.4) is 0 Å². The molecule has 1 rings (SSSR count). The van der Waals surface area contributed by atoms with Crippen LogP contribution in [0.25, 0.3) is 0 Å². The van der Waals surface area contributed by atoms with Crippen molar-refractivity contribution in [2.75, 3.05) is 31.3 Å². The molecule has 0 atom stereocenters. The molecule has 0 bridgehead atoms. The molecule has 2 amide bonds. The number of amides is 2. The molecule has 1 aromatic carbocycles. The van der Waals surface area contributed by atoms with Crippen LogP contribution in [0.2, 0.25) is 0 Å². The second-order valence-electron chi connectivity index (χ2n) is 4.52. The predicted octanol–water partition coefficient (Wildman–Crippen LogP) is 1.93. The summed E-state index contributed by atoms with van der Waals surface area (Å²) in [6.07, 6.45) is 1.36. The Hall–Kier alpha value is -2.04. The summed E-state index contributed by atoms with van der Waals surface area (Å²) in [5, 5.41) is 5.84. The van der Waals surface area contributed by atoms with Gasteiger partial charge in [-0.3, -0.25) is 9.59 Å². The van der Waals surface area contributed by atoms with Gasteiger partial charge in [-0.25, -0.2) is 0 Å². The maximum atomic E-state index is 11.4. The molecule has 1 aromatic rings. The van der Waals surface area contributed by atoms with E-state index in [2.05, 4.69) is 10.6 Å². The average molecular weight is 263 g/mol. The van der Waals surface area contributed by atoms with E-state index < -0.39 is 0 Å². The zero-order valence-electron chi connectivity index (χ0n) is 11.7. The first-order chi connectivity index (χ1) is 9.02. The lowest BCUT2D eigenvalue weighted by molar-refractivity contribution is -0.126. The molecule has 0 fully saturated rings. The molecule has 0 saturated heterocycles. The monoisotopic (exact) mass is 263 g/mol. The van der Waals surface area contributed by atoms with Gasteiger partial charge in [0.2, 0.25) is 11.8 Å². The lowest BCUT2D eigenvalue weighted by atomic mass is 10.2. The minimum absolute atomic E-state index is 0.0142. The van der Waals surface area contributed by atoms with E-state index in [4.69, 9.17) is 0 Å². The number of anilines is 2. The van der Waals surface area contributed by atoms with Crippen molar-refractivity contribution in [3.63, 3.8) is 0 Å². The highest BCUT2D eigenvalue weighted by Gasteiger charge is 2.04. The van der Waals surface area contributed by atoms with E-state index in [1.807, 2.05) is 31.2 Å². The van der Waals surface area contributed by atoms with Gasteiger partial charge in [-0.15, -0.1) is 0 Å². The number of benzene rings is 1. The standard InChI is InChI=1S/C14H21N3O2/c1-4-5-13(18)16-12-8-6-11(7-9-12)15-10-14(19)17(2)3/h6-9,15H,4-5,10H2,1-3H3,(H,16,18). The van der Waals surface area contributed by atoms with E-state index >= 15 is 0 Å². The molecule has 104 valence electrons. The van der Waals surface area contributed by atoms with Crippen molar-refractivity contribution < 1.29 is 9.59 Å². The van der Waals surface area contributed by atoms with Crippen LogP contribution in [0.4, 0.5) is 11.4 Å². The first-order valence-electron chi connectivity index (χ1n) is 6.37. The molecule has 19 heavy (non-hydrogen) atoms. The van der Waals surface area contributed by atoms with Crippen molar-refractivity contribution in [2.45, 2.75) is 19.8 Å². The van der Waals surface area contributed by atoms with Crippen molar-refractivity contribution in [1.29, 1.82) is 0 Å². The van der Waals surface area contributed by atoms with Crippen molar-refractivity contribution in [2.24, 2.45) is 0 Å². The second kappa shape index (κ2) is 7.41. The van der Waals surface area contributed by atoms with Gasteiger partial charge in [-0.05, 0) is 30.7 Å².